The third-order valence-electron chi connectivity index (χ3n) is 1.37. The second-order valence-corrected chi connectivity index (χ2v) is 2.99. The Morgan fingerprint density at radius 3 is 2.46 bits per heavy atom. The number of hydrogen-bond donors (Lipinski definition) is 1. The number of hydrogen-bond acceptors (Lipinski definition) is 3. The van der Waals surface area contributed by atoms with Gasteiger partial charge in [0.05, 0.1) is 0 Å². The molecule has 1 aromatic rings. The van der Waals surface area contributed by atoms with E-state index in [1.807, 2.05) is 0 Å². The number of carbonyl (C=O) groups excluding carboxylic acids is 1. The number of halogens is 1. The Kier molecular flexibility index (Phi) is 3.28. The van der Waals surface area contributed by atoms with Gasteiger partial charge in [-0.05, 0) is 31.2 Å². The van der Waals surface area contributed by atoms with E-state index in [0.717, 1.165) is 0 Å². The lowest BCUT2D eigenvalue weighted by atomic mass is 10.3. The van der Waals surface area contributed by atoms with Crippen LogP contribution in [0.2, 0.25) is 5.02 Å². The molecular weight excluding hydrogens is 192 g/mol. The van der Waals surface area contributed by atoms with E-state index < -0.39 is 12.1 Å². The average Bonchev–Trinajstić information content (AvgIpc) is 2.08. The molecule has 0 bridgehead atoms. The molecule has 0 aliphatic rings. The van der Waals surface area contributed by atoms with Crippen molar-refractivity contribution in [2.75, 3.05) is 0 Å². The van der Waals surface area contributed by atoms with Crippen LogP contribution in [0.5, 0.6) is 5.75 Å². The maximum Gasteiger partial charge on any atom is 0.340 e. The minimum absolute atomic E-state index is 0.371. The first-order valence-electron chi connectivity index (χ1n) is 3.75. The van der Waals surface area contributed by atoms with Gasteiger partial charge < -0.3 is 9.84 Å². The largest absolute Gasteiger partial charge is 0.425 e. The predicted octanol–water partition coefficient (Wildman–Crippen LogP) is 1.63. The highest BCUT2D eigenvalue weighted by molar-refractivity contribution is 6.30. The minimum atomic E-state index is -1.12. The van der Waals surface area contributed by atoms with Gasteiger partial charge in [-0.25, -0.2) is 4.79 Å². The molecule has 1 N–H and O–H groups in total. The molecule has 4 heteroatoms. The van der Waals surface area contributed by atoms with Crippen LogP contribution < -0.4 is 4.74 Å². The van der Waals surface area contributed by atoms with Crippen LogP contribution in [0.25, 0.3) is 0 Å². The highest BCUT2D eigenvalue weighted by Gasteiger charge is 2.10. The van der Waals surface area contributed by atoms with E-state index in [1.165, 1.54) is 6.92 Å². The smallest absolute Gasteiger partial charge is 0.340 e. The molecule has 0 fully saturated rings. The first kappa shape index (κ1) is 10.0. The molecule has 1 rings (SSSR count). The zero-order chi connectivity index (χ0) is 9.84. The van der Waals surface area contributed by atoms with Crippen molar-refractivity contribution < 1.29 is 14.6 Å². The van der Waals surface area contributed by atoms with Crippen molar-refractivity contribution >= 4 is 17.6 Å². The maximum absolute atomic E-state index is 10.9. The molecule has 0 aliphatic carbocycles. The molecule has 0 spiro atoms. The summed E-state index contributed by atoms with van der Waals surface area (Å²) in [6.45, 7) is 1.35. The van der Waals surface area contributed by atoms with Crippen LogP contribution >= 0.6 is 11.6 Å². The normalized spacial score (nSPS) is 12.2. The Balaban J connectivity index is 2.65. The van der Waals surface area contributed by atoms with Crippen molar-refractivity contribution in [2.24, 2.45) is 0 Å². The van der Waals surface area contributed by atoms with Gasteiger partial charge in [0.15, 0.2) is 0 Å². The van der Waals surface area contributed by atoms with Gasteiger partial charge in [0.25, 0.3) is 0 Å². The molecule has 0 amide bonds. The van der Waals surface area contributed by atoms with Crippen molar-refractivity contribution in [1.82, 2.24) is 0 Å². The van der Waals surface area contributed by atoms with Gasteiger partial charge >= 0.3 is 5.97 Å². The third-order valence-corrected chi connectivity index (χ3v) is 1.63. The summed E-state index contributed by atoms with van der Waals surface area (Å²) in [6, 6.07) is 6.32. The van der Waals surface area contributed by atoms with Gasteiger partial charge in [-0.1, -0.05) is 11.6 Å². The van der Waals surface area contributed by atoms with Crippen LogP contribution in [0.4, 0.5) is 0 Å². The fourth-order valence-corrected chi connectivity index (χ4v) is 0.830. The number of rotatable bonds is 2. The molecule has 0 aliphatic heterocycles. The zero-order valence-corrected chi connectivity index (χ0v) is 7.78. The quantitative estimate of drug-likeness (QED) is 0.583. The van der Waals surface area contributed by atoms with Crippen molar-refractivity contribution in [1.29, 1.82) is 0 Å². The van der Waals surface area contributed by atoms with E-state index >= 15 is 0 Å². The molecule has 0 saturated carbocycles. The van der Waals surface area contributed by atoms with Crippen molar-refractivity contribution in [2.45, 2.75) is 13.0 Å². The molecular formula is C9H9ClO3. The van der Waals surface area contributed by atoms with Gasteiger partial charge in [-0.3, -0.25) is 0 Å². The molecule has 0 radical (unpaired) electrons. The van der Waals surface area contributed by atoms with Gasteiger partial charge in [-0.15, -0.1) is 0 Å². The highest BCUT2D eigenvalue weighted by Crippen LogP contribution is 2.15. The van der Waals surface area contributed by atoms with Crippen molar-refractivity contribution in [3.63, 3.8) is 0 Å². The predicted molar refractivity (Wildman–Crippen MR) is 48.8 cm³/mol. The van der Waals surface area contributed by atoms with E-state index in [0.29, 0.717) is 10.8 Å². The fraction of sp³-hybridized carbons (Fsp3) is 0.222. The summed E-state index contributed by atoms with van der Waals surface area (Å²) in [6.07, 6.45) is -1.12. The number of esters is 1. The molecule has 1 aromatic carbocycles. The average molecular weight is 201 g/mol. The lowest BCUT2D eigenvalue weighted by Gasteiger charge is -2.05. The van der Waals surface area contributed by atoms with E-state index in [9.17, 15) is 4.79 Å². The fourth-order valence-electron chi connectivity index (χ4n) is 0.704. The zero-order valence-electron chi connectivity index (χ0n) is 7.03. The van der Waals surface area contributed by atoms with Gasteiger partial charge in [0.2, 0.25) is 0 Å². The van der Waals surface area contributed by atoms with Crippen LogP contribution in [0, 0.1) is 0 Å². The Labute approximate surface area is 80.9 Å². The summed E-state index contributed by atoms with van der Waals surface area (Å²) in [7, 11) is 0. The highest BCUT2D eigenvalue weighted by atomic mass is 35.5. The van der Waals surface area contributed by atoms with Gasteiger partial charge in [0, 0.05) is 5.02 Å². The number of ether oxygens (including phenoxy) is 1. The van der Waals surface area contributed by atoms with Crippen molar-refractivity contribution in [3.05, 3.63) is 29.3 Å². The molecule has 1 atom stereocenters. The molecule has 70 valence electrons. The Bertz CT molecular complexity index is 292. The lowest BCUT2D eigenvalue weighted by molar-refractivity contribution is -0.142. The first-order chi connectivity index (χ1) is 6.09. The molecule has 0 unspecified atom stereocenters. The van der Waals surface area contributed by atoms with Gasteiger partial charge in [0.1, 0.15) is 11.9 Å². The molecule has 0 heterocycles. The van der Waals surface area contributed by atoms with E-state index in [-0.39, 0.29) is 0 Å². The van der Waals surface area contributed by atoms with Crippen LogP contribution in [0.15, 0.2) is 24.3 Å². The van der Waals surface area contributed by atoms with Crippen LogP contribution in [-0.4, -0.2) is 17.2 Å². The monoisotopic (exact) mass is 200 g/mol. The van der Waals surface area contributed by atoms with Crippen LogP contribution in [-0.2, 0) is 4.79 Å². The molecule has 0 saturated heterocycles. The molecule has 13 heavy (non-hydrogen) atoms. The van der Waals surface area contributed by atoms with Crippen LogP contribution in [0.1, 0.15) is 6.92 Å². The Morgan fingerprint density at radius 2 is 2.00 bits per heavy atom. The third kappa shape index (κ3) is 3.05. The summed E-state index contributed by atoms with van der Waals surface area (Å²) in [5.41, 5.74) is 0. The van der Waals surface area contributed by atoms with E-state index in [2.05, 4.69) is 0 Å². The summed E-state index contributed by atoms with van der Waals surface area (Å²) in [5, 5.41) is 9.40. The minimum Gasteiger partial charge on any atom is -0.425 e. The number of aliphatic hydroxyl groups is 1. The molecule has 0 aromatic heterocycles. The standard InChI is InChI=1S/C9H9ClO3/c1-6(11)9(12)13-8-4-2-7(10)3-5-8/h2-6,11H,1H3/t6-/m1/s1. The second-order valence-electron chi connectivity index (χ2n) is 2.55. The SMILES string of the molecule is C[C@@H](O)C(=O)Oc1ccc(Cl)cc1. The Morgan fingerprint density at radius 1 is 1.46 bits per heavy atom. The van der Waals surface area contributed by atoms with E-state index in [1.54, 1.807) is 24.3 Å². The number of aliphatic hydroxyl groups excluding tert-OH is 1. The maximum atomic E-state index is 10.9. The van der Waals surface area contributed by atoms with Crippen molar-refractivity contribution in [3.8, 4) is 5.75 Å². The summed E-state index contributed by atoms with van der Waals surface area (Å²) in [4.78, 5) is 10.9. The van der Waals surface area contributed by atoms with E-state index in [4.69, 9.17) is 21.4 Å². The van der Waals surface area contributed by atoms with Crippen LogP contribution in [0.3, 0.4) is 0 Å². The first-order valence-corrected chi connectivity index (χ1v) is 4.12. The lowest BCUT2D eigenvalue weighted by Crippen LogP contribution is -2.21. The number of benzene rings is 1. The topological polar surface area (TPSA) is 46.5 Å². The number of carbonyl (C=O) groups is 1. The molecule has 3 nitrogen and oxygen atoms in total. The summed E-state index contributed by atoms with van der Waals surface area (Å²) >= 11 is 5.62. The van der Waals surface area contributed by atoms with Gasteiger partial charge in [-0.2, -0.15) is 0 Å². The Hall–Kier alpha value is -1.06. The summed E-state index contributed by atoms with van der Waals surface area (Å²) < 4.78 is 4.78. The summed E-state index contributed by atoms with van der Waals surface area (Å²) in [5.74, 6) is -0.308. The second kappa shape index (κ2) is 4.25.